The predicted octanol–water partition coefficient (Wildman–Crippen LogP) is 1.50. The summed E-state index contributed by atoms with van der Waals surface area (Å²) in [6.45, 7) is 5.67. The monoisotopic (exact) mass is 395 g/mol. The number of anilines is 1. The SMILES string of the molecule is CC(=O)N1c2ccc(S(=O)(=O)N3CCC(OCCCN)CC3)cc2CC1C. The molecular formula is C19H29N3O4S. The molecule has 0 bridgehead atoms. The first-order chi connectivity index (χ1) is 12.8. The van der Waals surface area contributed by atoms with E-state index in [1.807, 2.05) is 6.92 Å². The molecule has 0 saturated carbocycles. The highest BCUT2D eigenvalue weighted by Gasteiger charge is 2.33. The Kier molecular flexibility index (Phi) is 6.20. The second-order valence-electron chi connectivity index (χ2n) is 7.35. The van der Waals surface area contributed by atoms with E-state index in [2.05, 4.69) is 0 Å². The molecule has 1 saturated heterocycles. The van der Waals surface area contributed by atoms with Gasteiger partial charge < -0.3 is 15.4 Å². The van der Waals surface area contributed by atoms with Gasteiger partial charge in [-0.25, -0.2) is 8.42 Å². The topological polar surface area (TPSA) is 92.9 Å². The average Bonchev–Trinajstić information content (AvgIpc) is 2.97. The molecule has 0 radical (unpaired) electrons. The molecule has 1 atom stereocenters. The van der Waals surface area contributed by atoms with Gasteiger partial charge in [0.25, 0.3) is 0 Å². The Labute approximate surface area is 161 Å². The highest BCUT2D eigenvalue weighted by molar-refractivity contribution is 7.89. The van der Waals surface area contributed by atoms with Crippen LogP contribution in [0.3, 0.4) is 0 Å². The van der Waals surface area contributed by atoms with Crippen molar-refractivity contribution in [3.8, 4) is 0 Å². The number of piperidine rings is 1. The summed E-state index contributed by atoms with van der Waals surface area (Å²) < 4.78 is 33.4. The van der Waals surface area contributed by atoms with E-state index >= 15 is 0 Å². The standard InChI is InChI=1S/C19H29N3O4S/c1-14-12-16-13-18(4-5-19(16)22(14)15(2)23)27(24,25)21-9-6-17(7-10-21)26-11-3-8-20/h4-5,13-14,17H,3,6-12,20H2,1-2H3. The lowest BCUT2D eigenvalue weighted by Crippen LogP contribution is -2.41. The van der Waals surface area contributed by atoms with Crippen molar-refractivity contribution >= 4 is 21.6 Å². The number of carbonyl (C=O) groups is 1. The van der Waals surface area contributed by atoms with Crippen molar-refractivity contribution in [1.82, 2.24) is 4.31 Å². The Morgan fingerprint density at radius 1 is 1.30 bits per heavy atom. The number of benzene rings is 1. The molecule has 0 aliphatic carbocycles. The Hall–Kier alpha value is -1.48. The third-order valence-electron chi connectivity index (χ3n) is 5.35. The Balaban J connectivity index is 1.70. The number of hydrogen-bond donors (Lipinski definition) is 1. The normalized spacial score (nSPS) is 21.4. The fourth-order valence-electron chi connectivity index (χ4n) is 3.97. The summed E-state index contributed by atoms with van der Waals surface area (Å²) in [5, 5.41) is 0. The van der Waals surface area contributed by atoms with Gasteiger partial charge in [-0.3, -0.25) is 4.79 Å². The van der Waals surface area contributed by atoms with Crippen LogP contribution in [0.1, 0.15) is 38.7 Å². The number of sulfonamides is 1. The first kappa shape index (κ1) is 20.3. The summed E-state index contributed by atoms with van der Waals surface area (Å²) in [5.74, 6) is -0.0198. The van der Waals surface area contributed by atoms with E-state index in [0.717, 1.165) is 17.7 Å². The van der Waals surface area contributed by atoms with Crippen molar-refractivity contribution < 1.29 is 17.9 Å². The highest BCUT2D eigenvalue weighted by atomic mass is 32.2. The summed E-state index contributed by atoms with van der Waals surface area (Å²) in [7, 11) is -3.53. The molecule has 1 aromatic carbocycles. The lowest BCUT2D eigenvalue weighted by atomic mass is 10.1. The summed E-state index contributed by atoms with van der Waals surface area (Å²) in [4.78, 5) is 13.9. The molecule has 2 aliphatic heterocycles. The number of rotatable bonds is 6. The van der Waals surface area contributed by atoms with E-state index in [4.69, 9.17) is 10.5 Å². The number of nitrogens with two attached hydrogens (primary N) is 1. The molecule has 2 heterocycles. The summed E-state index contributed by atoms with van der Waals surface area (Å²) >= 11 is 0. The number of hydrogen-bond acceptors (Lipinski definition) is 5. The minimum Gasteiger partial charge on any atom is -0.378 e. The molecule has 3 rings (SSSR count). The van der Waals surface area contributed by atoms with Crippen molar-refractivity contribution in [3.63, 3.8) is 0 Å². The van der Waals surface area contributed by atoms with Crippen LogP contribution >= 0.6 is 0 Å². The third-order valence-corrected chi connectivity index (χ3v) is 7.24. The zero-order valence-corrected chi connectivity index (χ0v) is 16.9. The van der Waals surface area contributed by atoms with Gasteiger partial charge in [0.15, 0.2) is 0 Å². The molecule has 8 heteroatoms. The third kappa shape index (κ3) is 4.18. The number of amides is 1. The molecular weight excluding hydrogens is 366 g/mol. The largest absolute Gasteiger partial charge is 0.378 e. The predicted molar refractivity (Wildman–Crippen MR) is 104 cm³/mol. The molecule has 0 aromatic heterocycles. The van der Waals surface area contributed by atoms with E-state index < -0.39 is 10.0 Å². The summed E-state index contributed by atoms with van der Waals surface area (Å²) in [5.41, 5.74) is 7.21. The molecule has 1 amide bonds. The molecule has 1 fully saturated rings. The molecule has 1 unspecified atom stereocenters. The maximum absolute atomic E-state index is 13.0. The molecule has 2 aliphatic rings. The van der Waals surface area contributed by atoms with Gasteiger partial charge in [0, 0.05) is 38.3 Å². The minimum absolute atomic E-state index is 0.0198. The maximum atomic E-state index is 13.0. The number of nitrogens with zero attached hydrogens (tertiary/aromatic N) is 2. The number of carbonyl (C=O) groups excluding carboxylic acids is 1. The van der Waals surface area contributed by atoms with E-state index in [1.54, 1.807) is 27.4 Å². The summed E-state index contributed by atoms with van der Waals surface area (Å²) in [6, 6.07) is 5.16. The van der Waals surface area contributed by atoms with Crippen molar-refractivity contribution in [2.75, 3.05) is 31.1 Å². The van der Waals surface area contributed by atoms with Crippen LogP contribution in [-0.2, 0) is 26.0 Å². The van der Waals surface area contributed by atoms with Gasteiger partial charge in [0.05, 0.1) is 11.0 Å². The van der Waals surface area contributed by atoms with E-state index in [9.17, 15) is 13.2 Å². The number of ether oxygens (including phenoxy) is 1. The van der Waals surface area contributed by atoms with Gasteiger partial charge in [-0.1, -0.05) is 0 Å². The number of fused-ring (bicyclic) bond motifs is 1. The fourth-order valence-corrected chi connectivity index (χ4v) is 5.49. The van der Waals surface area contributed by atoms with Crippen LogP contribution in [0.25, 0.3) is 0 Å². The molecule has 7 nitrogen and oxygen atoms in total. The zero-order valence-electron chi connectivity index (χ0n) is 16.1. The maximum Gasteiger partial charge on any atom is 0.243 e. The molecule has 0 spiro atoms. The average molecular weight is 396 g/mol. The van der Waals surface area contributed by atoms with Gasteiger partial charge >= 0.3 is 0 Å². The molecule has 27 heavy (non-hydrogen) atoms. The van der Waals surface area contributed by atoms with Crippen LogP contribution in [0.2, 0.25) is 0 Å². The minimum atomic E-state index is -3.53. The quantitative estimate of drug-likeness (QED) is 0.737. The van der Waals surface area contributed by atoms with Crippen molar-refractivity contribution in [2.45, 2.75) is 56.6 Å². The van der Waals surface area contributed by atoms with Crippen LogP contribution in [0.4, 0.5) is 5.69 Å². The Morgan fingerprint density at radius 2 is 2.00 bits per heavy atom. The lowest BCUT2D eigenvalue weighted by molar-refractivity contribution is -0.116. The first-order valence-corrected chi connectivity index (χ1v) is 11.0. The summed E-state index contributed by atoms with van der Waals surface area (Å²) in [6.07, 6.45) is 3.00. The van der Waals surface area contributed by atoms with Gasteiger partial charge in [-0.15, -0.1) is 0 Å². The molecule has 150 valence electrons. The van der Waals surface area contributed by atoms with Crippen LogP contribution < -0.4 is 10.6 Å². The van der Waals surface area contributed by atoms with Crippen molar-refractivity contribution in [1.29, 1.82) is 0 Å². The van der Waals surface area contributed by atoms with Crippen molar-refractivity contribution in [3.05, 3.63) is 23.8 Å². The second-order valence-corrected chi connectivity index (χ2v) is 9.29. The van der Waals surface area contributed by atoms with E-state index in [1.165, 1.54) is 6.92 Å². The smallest absolute Gasteiger partial charge is 0.243 e. The van der Waals surface area contributed by atoms with Crippen LogP contribution in [0.5, 0.6) is 0 Å². The second kappa shape index (κ2) is 8.26. The van der Waals surface area contributed by atoms with Crippen LogP contribution in [0.15, 0.2) is 23.1 Å². The van der Waals surface area contributed by atoms with Crippen LogP contribution in [0, 0.1) is 0 Å². The van der Waals surface area contributed by atoms with E-state index in [0.29, 0.717) is 50.4 Å². The first-order valence-electron chi connectivity index (χ1n) is 9.59. The van der Waals surface area contributed by atoms with Gasteiger partial charge in [0.1, 0.15) is 0 Å². The molecule has 2 N–H and O–H groups in total. The molecule has 1 aromatic rings. The van der Waals surface area contributed by atoms with Gasteiger partial charge in [-0.2, -0.15) is 4.31 Å². The van der Waals surface area contributed by atoms with Gasteiger partial charge in [-0.05, 0) is 62.9 Å². The highest BCUT2D eigenvalue weighted by Crippen LogP contribution is 2.35. The fraction of sp³-hybridized carbons (Fsp3) is 0.632. The zero-order chi connectivity index (χ0) is 19.6. The van der Waals surface area contributed by atoms with E-state index in [-0.39, 0.29) is 18.1 Å². The Bertz CT molecular complexity index is 788. The van der Waals surface area contributed by atoms with Gasteiger partial charge in [0.2, 0.25) is 15.9 Å². The van der Waals surface area contributed by atoms with Crippen LogP contribution in [-0.4, -0.2) is 57.0 Å². The van der Waals surface area contributed by atoms with Crippen molar-refractivity contribution in [2.24, 2.45) is 5.73 Å². The lowest BCUT2D eigenvalue weighted by Gasteiger charge is -2.31. The Morgan fingerprint density at radius 3 is 2.63 bits per heavy atom.